The van der Waals surface area contributed by atoms with Gasteiger partial charge in [0.25, 0.3) is 5.69 Å². The number of benzene rings is 1. The van der Waals surface area contributed by atoms with Crippen molar-refractivity contribution in [1.29, 1.82) is 0 Å². The number of non-ortho nitro benzene ring substituents is 1. The zero-order valence-electron chi connectivity index (χ0n) is 9.23. The van der Waals surface area contributed by atoms with E-state index in [2.05, 4.69) is 10.1 Å². The second kappa shape index (κ2) is 4.61. The highest BCUT2D eigenvalue weighted by Gasteiger charge is 2.13. The van der Waals surface area contributed by atoms with Crippen LogP contribution in [0.1, 0.15) is 11.1 Å². The van der Waals surface area contributed by atoms with Crippen LogP contribution in [0.3, 0.4) is 0 Å². The summed E-state index contributed by atoms with van der Waals surface area (Å²) >= 11 is 0. The lowest BCUT2D eigenvalue weighted by atomic mass is 10.1. The van der Waals surface area contributed by atoms with Gasteiger partial charge in [-0.15, -0.1) is 0 Å². The normalized spacial score (nSPS) is 9.69. The molecule has 6 heteroatoms. The Balaban J connectivity index is 3.12. The number of nitro groups is 1. The fourth-order valence-electron chi connectivity index (χ4n) is 1.40. The molecule has 1 aromatic carbocycles. The van der Waals surface area contributed by atoms with Crippen molar-refractivity contribution in [2.24, 2.45) is 0 Å². The van der Waals surface area contributed by atoms with Crippen LogP contribution in [0.15, 0.2) is 12.1 Å². The molecule has 0 aliphatic rings. The number of nitrogens with zero attached hydrogens (tertiary/aromatic N) is 1. The third-order valence-electron chi connectivity index (χ3n) is 2.14. The molecule has 1 aromatic rings. The summed E-state index contributed by atoms with van der Waals surface area (Å²) in [5.74, 6) is 0. The fraction of sp³-hybridized carbons (Fsp3) is 0.300. The van der Waals surface area contributed by atoms with Crippen LogP contribution in [0.4, 0.5) is 16.2 Å². The topological polar surface area (TPSA) is 81.5 Å². The van der Waals surface area contributed by atoms with E-state index in [0.717, 1.165) is 0 Å². The lowest BCUT2D eigenvalue weighted by molar-refractivity contribution is -0.384. The number of nitro benzene ring substituents is 1. The standard InChI is InChI=1S/C10H12N2O4/c1-6-4-8(12(14)15)5-7(2)9(6)11-10(13)16-3/h4-5H,1-3H3,(H,11,13). The van der Waals surface area contributed by atoms with E-state index < -0.39 is 11.0 Å². The van der Waals surface area contributed by atoms with Crippen molar-refractivity contribution >= 4 is 17.5 Å². The summed E-state index contributed by atoms with van der Waals surface area (Å²) in [7, 11) is 1.26. The average molecular weight is 224 g/mol. The molecule has 86 valence electrons. The van der Waals surface area contributed by atoms with Gasteiger partial charge in [0.05, 0.1) is 17.7 Å². The Morgan fingerprint density at radius 3 is 2.25 bits per heavy atom. The number of carbonyl (C=O) groups is 1. The van der Waals surface area contributed by atoms with Crippen LogP contribution < -0.4 is 5.32 Å². The third kappa shape index (κ3) is 2.47. The Morgan fingerprint density at radius 2 is 1.88 bits per heavy atom. The van der Waals surface area contributed by atoms with E-state index >= 15 is 0 Å². The molecule has 0 aromatic heterocycles. The molecule has 0 aliphatic heterocycles. The molecule has 0 bridgehead atoms. The molecule has 6 nitrogen and oxygen atoms in total. The van der Waals surface area contributed by atoms with Crippen LogP contribution >= 0.6 is 0 Å². The first-order valence-electron chi connectivity index (χ1n) is 4.56. The first-order valence-corrected chi connectivity index (χ1v) is 4.56. The van der Waals surface area contributed by atoms with Gasteiger partial charge in [-0.3, -0.25) is 15.4 Å². The zero-order chi connectivity index (χ0) is 12.3. The molecule has 1 amide bonds. The summed E-state index contributed by atoms with van der Waals surface area (Å²) < 4.78 is 4.46. The van der Waals surface area contributed by atoms with Crippen molar-refractivity contribution in [1.82, 2.24) is 0 Å². The van der Waals surface area contributed by atoms with Crippen molar-refractivity contribution in [3.05, 3.63) is 33.4 Å². The lowest BCUT2D eigenvalue weighted by Crippen LogP contribution is -2.13. The van der Waals surface area contributed by atoms with Gasteiger partial charge in [-0.05, 0) is 25.0 Å². The molecular formula is C10H12N2O4. The molecule has 0 atom stereocenters. The van der Waals surface area contributed by atoms with E-state index in [1.54, 1.807) is 13.8 Å². The number of methoxy groups -OCH3 is 1. The van der Waals surface area contributed by atoms with Crippen molar-refractivity contribution < 1.29 is 14.5 Å². The zero-order valence-corrected chi connectivity index (χ0v) is 9.23. The number of hydrogen-bond donors (Lipinski definition) is 1. The molecule has 0 aliphatic carbocycles. The number of hydrogen-bond acceptors (Lipinski definition) is 4. The van der Waals surface area contributed by atoms with Crippen LogP contribution in [0.5, 0.6) is 0 Å². The van der Waals surface area contributed by atoms with Gasteiger partial charge in [0, 0.05) is 12.1 Å². The average Bonchev–Trinajstić information content (AvgIpc) is 2.22. The predicted octanol–water partition coefficient (Wildman–Crippen LogP) is 2.39. The first kappa shape index (κ1) is 12.0. The Hall–Kier alpha value is -2.11. The van der Waals surface area contributed by atoms with Gasteiger partial charge in [-0.2, -0.15) is 0 Å². The Morgan fingerprint density at radius 1 is 1.38 bits per heavy atom. The largest absolute Gasteiger partial charge is 0.453 e. The van der Waals surface area contributed by atoms with Gasteiger partial charge < -0.3 is 4.74 Å². The monoisotopic (exact) mass is 224 g/mol. The van der Waals surface area contributed by atoms with E-state index in [-0.39, 0.29) is 5.69 Å². The molecular weight excluding hydrogens is 212 g/mol. The van der Waals surface area contributed by atoms with Gasteiger partial charge in [0.1, 0.15) is 0 Å². The molecule has 0 fully saturated rings. The number of carbonyl (C=O) groups excluding carboxylic acids is 1. The van der Waals surface area contributed by atoms with Gasteiger partial charge >= 0.3 is 6.09 Å². The Kier molecular flexibility index (Phi) is 3.44. The summed E-state index contributed by atoms with van der Waals surface area (Å²) in [5.41, 5.74) is 1.79. The van der Waals surface area contributed by atoms with E-state index in [0.29, 0.717) is 16.8 Å². The van der Waals surface area contributed by atoms with Crippen LogP contribution in [0.2, 0.25) is 0 Å². The summed E-state index contributed by atoms with van der Waals surface area (Å²) in [5, 5.41) is 13.1. The smallest absolute Gasteiger partial charge is 0.411 e. The maximum atomic E-state index is 11.0. The fourth-order valence-corrected chi connectivity index (χ4v) is 1.40. The van der Waals surface area contributed by atoms with E-state index in [9.17, 15) is 14.9 Å². The molecule has 0 unspecified atom stereocenters. The summed E-state index contributed by atoms with van der Waals surface area (Å²) in [6.45, 7) is 3.37. The lowest BCUT2D eigenvalue weighted by Gasteiger charge is -2.10. The number of ether oxygens (including phenoxy) is 1. The highest BCUT2D eigenvalue weighted by atomic mass is 16.6. The first-order chi connectivity index (χ1) is 7.45. The molecule has 1 N–H and O–H groups in total. The minimum Gasteiger partial charge on any atom is -0.453 e. The number of anilines is 1. The van der Waals surface area contributed by atoms with Crippen molar-refractivity contribution in [3.63, 3.8) is 0 Å². The van der Waals surface area contributed by atoms with Crippen LogP contribution in [-0.4, -0.2) is 18.1 Å². The molecule has 16 heavy (non-hydrogen) atoms. The number of aryl methyl sites for hydroxylation is 2. The van der Waals surface area contributed by atoms with Crippen LogP contribution in [0.25, 0.3) is 0 Å². The van der Waals surface area contributed by atoms with Crippen molar-refractivity contribution in [2.75, 3.05) is 12.4 Å². The van der Waals surface area contributed by atoms with E-state index in [1.165, 1.54) is 19.2 Å². The summed E-state index contributed by atoms with van der Waals surface area (Å²) in [6.07, 6.45) is -0.597. The van der Waals surface area contributed by atoms with E-state index in [4.69, 9.17) is 0 Å². The Labute approximate surface area is 92.4 Å². The second-order valence-electron chi connectivity index (χ2n) is 3.33. The number of amides is 1. The molecule has 0 heterocycles. The predicted molar refractivity (Wildman–Crippen MR) is 58.6 cm³/mol. The van der Waals surface area contributed by atoms with Gasteiger partial charge in [-0.25, -0.2) is 4.79 Å². The molecule has 0 saturated heterocycles. The SMILES string of the molecule is COC(=O)Nc1c(C)cc([N+](=O)[O-])cc1C. The molecule has 0 spiro atoms. The number of rotatable bonds is 2. The van der Waals surface area contributed by atoms with Crippen molar-refractivity contribution in [3.8, 4) is 0 Å². The highest BCUT2D eigenvalue weighted by molar-refractivity contribution is 5.87. The maximum absolute atomic E-state index is 11.0. The quantitative estimate of drug-likeness (QED) is 0.617. The van der Waals surface area contributed by atoms with Crippen LogP contribution in [0, 0.1) is 24.0 Å². The van der Waals surface area contributed by atoms with Gasteiger partial charge in [0.15, 0.2) is 0 Å². The highest BCUT2D eigenvalue weighted by Crippen LogP contribution is 2.26. The van der Waals surface area contributed by atoms with Gasteiger partial charge in [0.2, 0.25) is 0 Å². The molecule has 0 saturated carbocycles. The Bertz CT molecular complexity index is 419. The number of nitrogens with one attached hydrogen (secondary N) is 1. The van der Waals surface area contributed by atoms with Crippen LogP contribution in [-0.2, 0) is 4.74 Å². The molecule has 1 rings (SSSR count). The summed E-state index contributed by atoms with van der Waals surface area (Å²) in [6, 6.07) is 2.80. The van der Waals surface area contributed by atoms with Crippen molar-refractivity contribution in [2.45, 2.75) is 13.8 Å². The van der Waals surface area contributed by atoms with Gasteiger partial charge in [-0.1, -0.05) is 0 Å². The minimum absolute atomic E-state index is 0.00501. The minimum atomic E-state index is -0.597. The maximum Gasteiger partial charge on any atom is 0.411 e. The summed E-state index contributed by atoms with van der Waals surface area (Å²) in [4.78, 5) is 21.2. The second-order valence-corrected chi connectivity index (χ2v) is 3.33. The third-order valence-corrected chi connectivity index (χ3v) is 2.14. The van der Waals surface area contributed by atoms with E-state index in [1.807, 2.05) is 0 Å². The molecule has 0 radical (unpaired) electrons.